The van der Waals surface area contributed by atoms with E-state index in [1.54, 1.807) is 12.1 Å². The second-order valence-corrected chi connectivity index (χ2v) is 2.53. The number of hydrogen-bond donors (Lipinski definition) is 1. The molecule has 0 aliphatic rings. The summed E-state index contributed by atoms with van der Waals surface area (Å²) in [7, 11) is 0. The third kappa shape index (κ3) is 2.20. The predicted molar refractivity (Wildman–Crippen MR) is 43.4 cm³/mol. The van der Waals surface area contributed by atoms with Crippen LogP contribution in [-0.4, -0.2) is 16.4 Å². The summed E-state index contributed by atoms with van der Waals surface area (Å²) in [5.74, 6) is 0. The third-order valence-corrected chi connectivity index (χ3v) is 1.35. The Bertz CT molecular complexity index is 266. The lowest BCUT2D eigenvalue weighted by atomic mass is 10.3. The van der Waals surface area contributed by atoms with E-state index < -0.39 is 0 Å². The molecule has 1 rings (SSSR count). The Labute approximate surface area is 69.3 Å². The average Bonchev–Trinajstić information content (AvgIpc) is 1.85. The lowest BCUT2D eigenvalue weighted by Crippen LogP contribution is -1.89. The van der Waals surface area contributed by atoms with E-state index in [2.05, 4.69) is 10.1 Å². The maximum absolute atomic E-state index is 8.19. The van der Waals surface area contributed by atoms with Crippen LogP contribution in [0.1, 0.15) is 11.4 Å². The van der Waals surface area contributed by atoms with E-state index in [0.717, 1.165) is 5.69 Å². The van der Waals surface area contributed by atoms with Crippen LogP contribution in [0, 0.1) is 6.92 Å². The molecule has 0 saturated heterocycles. The number of aromatic nitrogens is 1. The van der Waals surface area contributed by atoms with Crippen LogP contribution in [0.2, 0.25) is 5.02 Å². The van der Waals surface area contributed by atoms with Crippen LogP contribution in [0.3, 0.4) is 0 Å². The molecule has 1 heterocycles. The van der Waals surface area contributed by atoms with Crippen molar-refractivity contribution in [2.24, 2.45) is 5.16 Å². The van der Waals surface area contributed by atoms with Gasteiger partial charge < -0.3 is 5.21 Å². The largest absolute Gasteiger partial charge is 0.411 e. The van der Waals surface area contributed by atoms with Crippen LogP contribution < -0.4 is 0 Å². The van der Waals surface area contributed by atoms with Gasteiger partial charge in [0, 0.05) is 10.7 Å². The fraction of sp³-hybridized carbons (Fsp3) is 0.143. The van der Waals surface area contributed by atoms with E-state index in [9.17, 15) is 0 Å². The average molecular weight is 171 g/mol. The van der Waals surface area contributed by atoms with E-state index in [1.165, 1.54) is 6.21 Å². The van der Waals surface area contributed by atoms with E-state index >= 15 is 0 Å². The molecule has 0 aromatic carbocycles. The van der Waals surface area contributed by atoms with Gasteiger partial charge in [-0.25, -0.2) is 0 Å². The number of hydrogen-bond acceptors (Lipinski definition) is 3. The molecule has 58 valence electrons. The highest BCUT2D eigenvalue weighted by atomic mass is 35.5. The van der Waals surface area contributed by atoms with Gasteiger partial charge in [0.2, 0.25) is 0 Å². The molecule has 1 N–H and O–H groups in total. The smallest absolute Gasteiger partial charge is 0.0918 e. The highest BCUT2D eigenvalue weighted by molar-refractivity contribution is 6.30. The highest BCUT2D eigenvalue weighted by Gasteiger charge is 1.94. The highest BCUT2D eigenvalue weighted by Crippen LogP contribution is 2.09. The minimum atomic E-state index is 0.553. The third-order valence-electron chi connectivity index (χ3n) is 1.13. The van der Waals surface area contributed by atoms with Crippen LogP contribution in [0.5, 0.6) is 0 Å². The molecule has 3 nitrogen and oxygen atoms in total. The fourth-order valence-corrected chi connectivity index (χ4v) is 1.05. The maximum atomic E-state index is 8.19. The Morgan fingerprint density at radius 2 is 2.36 bits per heavy atom. The molecule has 0 saturated carbocycles. The first-order chi connectivity index (χ1) is 5.22. The van der Waals surface area contributed by atoms with Gasteiger partial charge >= 0.3 is 0 Å². The van der Waals surface area contributed by atoms with Gasteiger partial charge in [-0.3, -0.25) is 4.98 Å². The zero-order valence-electron chi connectivity index (χ0n) is 5.95. The molecule has 0 fully saturated rings. The molecule has 1 aromatic rings. The predicted octanol–water partition coefficient (Wildman–Crippen LogP) is 1.85. The van der Waals surface area contributed by atoms with Gasteiger partial charge in [0.25, 0.3) is 0 Å². The van der Waals surface area contributed by atoms with Crippen LogP contribution in [-0.2, 0) is 0 Å². The number of rotatable bonds is 1. The molecular weight excluding hydrogens is 164 g/mol. The summed E-state index contributed by atoms with van der Waals surface area (Å²) in [6.45, 7) is 1.82. The van der Waals surface area contributed by atoms with Gasteiger partial charge in [-0.15, -0.1) is 0 Å². The SMILES string of the molecule is Cc1cc(Cl)cc(C=NO)n1. The second-order valence-electron chi connectivity index (χ2n) is 2.10. The number of pyridine rings is 1. The van der Waals surface area contributed by atoms with Crippen molar-refractivity contribution in [3.05, 3.63) is 28.5 Å². The van der Waals surface area contributed by atoms with Gasteiger partial charge in [-0.1, -0.05) is 16.8 Å². The van der Waals surface area contributed by atoms with E-state index in [1.807, 2.05) is 6.92 Å². The standard InChI is InChI=1S/C7H7ClN2O/c1-5-2-6(8)3-7(10-5)4-9-11/h2-4,11H,1H3. The number of aryl methyl sites for hydroxylation is 1. The summed E-state index contributed by atoms with van der Waals surface area (Å²) in [6.07, 6.45) is 1.24. The number of nitrogens with zero attached hydrogens (tertiary/aromatic N) is 2. The summed E-state index contributed by atoms with van der Waals surface area (Å²) < 4.78 is 0. The van der Waals surface area contributed by atoms with Gasteiger partial charge in [0.05, 0.1) is 11.9 Å². The normalized spacial score (nSPS) is 10.7. The molecule has 0 unspecified atom stereocenters. The number of halogens is 1. The molecular formula is C7H7ClN2O. The molecule has 0 aliphatic carbocycles. The first kappa shape index (κ1) is 8.01. The molecule has 0 amide bonds. The van der Waals surface area contributed by atoms with E-state index in [-0.39, 0.29) is 0 Å². The Morgan fingerprint density at radius 3 is 2.91 bits per heavy atom. The van der Waals surface area contributed by atoms with Gasteiger partial charge in [0.1, 0.15) is 0 Å². The van der Waals surface area contributed by atoms with Gasteiger partial charge in [-0.2, -0.15) is 0 Å². The maximum Gasteiger partial charge on any atom is 0.0918 e. The second kappa shape index (κ2) is 3.34. The van der Waals surface area contributed by atoms with Crippen LogP contribution in [0.15, 0.2) is 17.3 Å². The van der Waals surface area contributed by atoms with E-state index in [0.29, 0.717) is 10.7 Å². The summed E-state index contributed by atoms with van der Waals surface area (Å²) >= 11 is 5.70. The zero-order chi connectivity index (χ0) is 8.27. The first-order valence-electron chi connectivity index (χ1n) is 3.04. The first-order valence-corrected chi connectivity index (χ1v) is 3.42. The summed E-state index contributed by atoms with van der Waals surface area (Å²) in [6, 6.07) is 3.35. The van der Waals surface area contributed by atoms with Crippen molar-refractivity contribution in [3.63, 3.8) is 0 Å². The van der Waals surface area contributed by atoms with Crippen molar-refractivity contribution >= 4 is 17.8 Å². The molecule has 0 aliphatic heterocycles. The van der Waals surface area contributed by atoms with Crippen LogP contribution in [0.25, 0.3) is 0 Å². The molecule has 4 heteroatoms. The molecule has 0 spiro atoms. The Morgan fingerprint density at radius 1 is 1.64 bits per heavy atom. The molecule has 1 aromatic heterocycles. The molecule has 0 bridgehead atoms. The summed E-state index contributed by atoms with van der Waals surface area (Å²) in [4.78, 5) is 4.03. The van der Waals surface area contributed by atoms with Crippen molar-refractivity contribution in [1.82, 2.24) is 4.98 Å². The summed E-state index contributed by atoms with van der Waals surface area (Å²) in [5, 5.41) is 11.6. The Balaban J connectivity index is 3.08. The minimum absolute atomic E-state index is 0.553. The lowest BCUT2D eigenvalue weighted by molar-refractivity contribution is 0.321. The monoisotopic (exact) mass is 170 g/mol. The summed E-state index contributed by atoms with van der Waals surface area (Å²) in [5.41, 5.74) is 1.35. The van der Waals surface area contributed by atoms with Crippen LogP contribution >= 0.6 is 11.6 Å². The fourth-order valence-electron chi connectivity index (χ4n) is 0.776. The van der Waals surface area contributed by atoms with Crippen molar-refractivity contribution in [3.8, 4) is 0 Å². The van der Waals surface area contributed by atoms with Gasteiger partial charge in [-0.05, 0) is 19.1 Å². The zero-order valence-corrected chi connectivity index (χ0v) is 6.71. The van der Waals surface area contributed by atoms with Crippen molar-refractivity contribution in [1.29, 1.82) is 0 Å². The lowest BCUT2D eigenvalue weighted by Gasteiger charge is -1.95. The molecule has 0 atom stereocenters. The van der Waals surface area contributed by atoms with Crippen molar-refractivity contribution in [2.75, 3.05) is 0 Å². The molecule has 11 heavy (non-hydrogen) atoms. The minimum Gasteiger partial charge on any atom is -0.411 e. The molecule has 0 radical (unpaired) electrons. The Hall–Kier alpha value is -1.09. The van der Waals surface area contributed by atoms with Gasteiger partial charge in [0.15, 0.2) is 0 Å². The van der Waals surface area contributed by atoms with Crippen LogP contribution in [0.4, 0.5) is 0 Å². The quantitative estimate of drug-likeness (QED) is 0.397. The van der Waals surface area contributed by atoms with Crippen molar-refractivity contribution < 1.29 is 5.21 Å². The van der Waals surface area contributed by atoms with E-state index in [4.69, 9.17) is 16.8 Å². The topological polar surface area (TPSA) is 45.5 Å². The Kier molecular flexibility index (Phi) is 2.44. The van der Waals surface area contributed by atoms with Crippen molar-refractivity contribution in [2.45, 2.75) is 6.92 Å². The number of oxime groups is 1.